The summed E-state index contributed by atoms with van der Waals surface area (Å²) >= 11 is 12.5. The van der Waals surface area contributed by atoms with E-state index in [1.165, 1.54) is 4.90 Å². The molecule has 0 radical (unpaired) electrons. The van der Waals surface area contributed by atoms with Gasteiger partial charge in [0.1, 0.15) is 5.70 Å². The Hall–Kier alpha value is -2.30. The van der Waals surface area contributed by atoms with E-state index in [1.807, 2.05) is 30.0 Å². The van der Waals surface area contributed by atoms with Crippen LogP contribution < -0.4 is 4.90 Å². The lowest BCUT2D eigenvalue weighted by Gasteiger charge is -2.33. The van der Waals surface area contributed by atoms with Crippen LogP contribution in [-0.2, 0) is 9.59 Å². The minimum absolute atomic E-state index is 0.292. The number of amides is 2. The van der Waals surface area contributed by atoms with Crippen LogP contribution in [-0.4, -0.2) is 29.8 Å². The summed E-state index contributed by atoms with van der Waals surface area (Å²) in [5.74, 6) is -0.185. The number of hydrogen-bond acceptors (Lipinski definition) is 3. The summed E-state index contributed by atoms with van der Waals surface area (Å²) in [6, 6.07) is 12.4. The summed E-state index contributed by atoms with van der Waals surface area (Å²) < 4.78 is 0. The third-order valence-electron chi connectivity index (χ3n) is 5.59. The maximum Gasteiger partial charge on any atom is 0.282 e. The summed E-state index contributed by atoms with van der Waals surface area (Å²) in [7, 11) is 0. The first-order chi connectivity index (χ1) is 13.9. The Labute approximate surface area is 180 Å². The highest BCUT2D eigenvalue weighted by Gasteiger charge is 2.44. The van der Waals surface area contributed by atoms with Gasteiger partial charge in [0.25, 0.3) is 11.8 Å². The molecule has 2 heterocycles. The van der Waals surface area contributed by atoms with Gasteiger partial charge in [0.05, 0.1) is 16.3 Å². The van der Waals surface area contributed by atoms with E-state index in [1.54, 1.807) is 24.3 Å². The molecule has 2 aliphatic rings. The van der Waals surface area contributed by atoms with E-state index in [0.29, 0.717) is 38.5 Å². The number of para-hydroxylation sites is 1. The van der Waals surface area contributed by atoms with Gasteiger partial charge in [-0.3, -0.25) is 9.59 Å². The van der Waals surface area contributed by atoms with Gasteiger partial charge in [-0.25, -0.2) is 4.90 Å². The average Bonchev–Trinajstić information content (AvgIpc) is 2.93. The van der Waals surface area contributed by atoms with Crippen LogP contribution >= 0.6 is 23.2 Å². The molecule has 150 valence electrons. The van der Waals surface area contributed by atoms with E-state index in [-0.39, 0.29) is 11.8 Å². The van der Waals surface area contributed by atoms with Gasteiger partial charge in [-0.1, -0.05) is 54.4 Å². The summed E-state index contributed by atoms with van der Waals surface area (Å²) in [5.41, 5.74) is 2.80. The third-order valence-corrected chi connectivity index (χ3v) is 6.14. The normalized spacial score (nSPS) is 20.1. The lowest BCUT2D eigenvalue weighted by Crippen LogP contribution is -2.39. The molecule has 0 N–H and O–H groups in total. The smallest absolute Gasteiger partial charge is 0.282 e. The van der Waals surface area contributed by atoms with Gasteiger partial charge < -0.3 is 4.90 Å². The number of carbonyl (C=O) groups excluding carboxylic acids is 2. The van der Waals surface area contributed by atoms with Gasteiger partial charge in [0.15, 0.2) is 0 Å². The molecule has 2 aromatic carbocycles. The molecule has 2 aromatic rings. The second-order valence-electron chi connectivity index (χ2n) is 7.77. The van der Waals surface area contributed by atoms with Crippen LogP contribution in [0.3, 0.4) is 0 Å². The summed E-state index contributed by atoms with van der Waals surface area (Å²) in [6.45, 7) is 5.55. The zero-order chi connectivity index (χ0) is 20.7. The molecule has 0 bridgehead atoms. The van der Waals surface area contributed by atoms with Crippen LogP contribution in [0.1, 0.15) is 30.9 Å². The van der Waals surface area contributed by atoms with Crippen molar-refractivity contribution in [3.05, 3.63) is 69.3 Å². The number of rotatable bonds is 3. The Bertz CT molecular complexity index is 1030. The molecule has 2 aliphatic heterocycles. The molecule has 29 heavy (non-hydrogen) atoms. The van der Waals surface area contributed by atoms with Crippen LogP contribution in [0.25, 0.3) is 5.57 Å². The molecule has 2 amide bonds. The van der Waals surface area contributed by atoms with E-state index < -0.39 is 0 Å². The minimum atomic E-state index is -0.346. The van der Waals surface area contributed by atoms with E-state index in [9.17, 15) is 9.59 Å². The SMILES string of the molecule is Cc1ccccc1N1C(=O)C(c2ccc(Cl)cc2Cl)=C(N2CCCC(C)C2)C1=O. The fourth-order valence-corrected chi connectivity index (χ4v) is 4.68. The molecule has 0 saturated carbocycles. The van der Waals surface area contributed by atoms with Gasteiger partial charge in [-0.15, -0.1) is 0 Å². The van der Waals surface area contributed by atoms with Crippen LogP contribution in [0.15, 0.2) is 48.2 Å². The van der Waals surface area contributed by atoms with E-state index in [4.69, 9.17) is 23.2 Å². The first-order valence-corrected chi connectivity index (χ1v) is 10.5. The maximum atomic E-state index is 13.6. The highest BCUT2D eigenvalue weighted by atomic mass is 35.5. The lowest BCUT2D eigenvalue weighted by atomic mass is 9.97. The van der Waals surface area contributed by atoms with Gasteiger partial charge in [0, 0.05) is 23.7 Å². The first kappa shape index (κ1) is 20.0. The van der Waals surface area contributed by atoms with Crippen molar-refractivity contribution in [2.24, 2.45) is 5.92 Å². The summed E-state index contributed by atoms with van der Waals surface area (Å²) in [4.78, 5) is 30.5. The van der Waals surface area contributed by atoms with Crippen LogP contribution in [0.5, 0.6) is 0 Å². The highest BCUT2D eigenvalue weighted by molar-refractivity contribution is 6.47. The van der Waals surface area contributed by atoms with Crippen molar-refractivity contribution in [2.45, 2.75) is 26.7 Å². The number of piperidine rings is 1. The molecule has 1 atom stereocenters. The zero-order valence-corrected chi connectivity index (χ0v) is 17.9. The Morgan fingerprint density at radius 2 is 1.79 bits per heavy atom. The number of benzene rings is 2. The van der Waals surface area contributed by atoms with Crippen molar-refractivity contribution >= 4 is 46.3 Å². The molecule has 0 spiro atoms. The molecular weight excluding hydrogens is 407 g/mol. The third kappa shape index (κ3) is 3.56. The number of likely N-dealkylation sites (tertiary alicyclic amines) is 1. The fourth-order valence-electron chi connectivity index (χ4n) is 4.17. The number of hydrogen-bond donors (Lipinski definition) is 0. The number of aryl methyl sites for hydroxylation is 1. The molecule has 1 saturated heterocycles. The standard InChI is InChI=1S/C23H22Cl2N2O2/c1-14-6-5-11-26(13-14)21-20(17-10-9-16(24)12-18(17)25)22(28)27(23(21)29)19-8-4-3-7-15(19)2/h3-4,7-10,12,14H,5-6,11,13H2,1-2H3. The first-order valence-electron chi connectivity index (χ1n) is 9.77. The zero-order valence-electron chi connectivity index (χ0n) is 16.4. The van der Waals surface area contributed by atoms with Crippen molar-refractivity contribution < 1.29 is 9.59 Å². The Balaban J connectivity index is 1.88. The van der Waals surface area contributed by atoms with E-state index in [0.717, 1.165) is 31.5 Å². The Morgan fingerprint density at radius 3 is 2.48 bits per heavy atom. The number of imide groups is 1. The molecule has 4 rings (SSSR count). The molecular formula is C23H22Cl2N2O2. The second kappa shape index (κ2) is 7.85. The van der Waals surface area contributed by atoms with Crippen LogP contribution in [0.4, 0.5) is 5.69 Å². The highest BCUT2D eigenvalue weighted by Crippen LogP contribution is 2.39. The van der Waals surface area contributed by atoms with Crippen LogP contribution in [0, 0.1) is 12.8 Å². The predicted molar refractivity (Wildman–Crippen MR) is 117 cm³/mol. The van der Waals surface area contributed by atoms with E-state index >= 15 is 0 Å². The molecule has 1 unspecified atom stereocenters. The van der Waals surface area contributed by atoms with E-state index in [2.05, 4.69) is 6.92 Å². The topological polar surface area (TPSA) is 40.6 Å². The van der Waals surface area contributed by atoms with Crippen molar-refractivity contribution in [3.8, 4) is 0 Å². The van der Waals surface area contributed by atoms with Crippen molar-refractivity contribution in [2.75, 3.05) is 18.0 Å². The molecule has 0 aliphatic carbocycles. The molecule has 0 aromatic heterocycles. The van der Waals surface area contributed by atoms with Gasteiger partial charge in [-0.05, 0) is 49.4 Å². The largest absolute Gasteiger partial charge is 0.366 e. The van der Waals surface area contributed by atoms with Crippen molar-refractivity contribution in [1.82, 2.24) is 4.90 Å². The summed E-state index contributed by atoms with van der Waals surface area (Å²) in [6.07, 6.45) is 2.10. The molecule has 1 fully saturated rings. The average molecular weight is 429 g/mol. The lowest BCUT2D eigenvalue weighted by molar-refractivity contribution is -0.120. The quantitative estimate of drug-likeness (QED) is 0.621. The monoisotopic (exact) mass is 428 g/mol. The van der Waals surface area contributed by atoms with Gasteiger partial charge in [0.2, 0.25) is 0 Å². The second-order valence-corrected chi connectivity index (χ2v) is 8.62. The summed E-state index contributed by atoms with van der Waals surface area (Å²) in [5, 5.41) is 0.850. The molecule has 6 heteroatoms. The van der Waals surface area contributed by atoms with Gasteiger partial charge in [-0.2, -0.15) is 0 Å². The minimum Gasteiger partial charge on any atom is -0.366 e. The van der Waals surface area contributed by atoms with Crippen molar-refractivity contribution in [1.29, 1.82) is 0 Å². The number of nitrogens with zero attached hydrogens (tertiary/aromatic N) is 2. The number of halogens is 2. The van der Waals surface area contributed by atoms with Crippen LogP contribution in [0.2, 0.25) is 10.0 Å². The molecule has 4 nitrogen and oxygen atoms in total. The predicted octanol–water partition coefficient (Wildman–Crippen LogP) is 5.32. The number of anilines is 1. The van der Waals surface area contributed by atoms with Gasteiger partial charge >= 0.3 is 0 Å². The maximum absolute atomic E-state index is 13.6. The van der Waals surface area contributed by atoms with Crippen molar-refractivity contribution in [3.63, 3.8) is 0 Å². The fraction of sp³-hybridized carbons (Fsp3) is 0.304. The number of carbonyl (C=O) groups is 2. The Kier molecular flexibility index (Phi) is 5.41. The Morgan fingerprint density at radius 1 is 1.03 bits per heavy atom.